The maximum atomic E-state index is 12.1. The fraction of sp³-hybridized carbons (Fsp3) is 0.400. The van der Waals surface area contributed by atoms with E-state index in [0.717, 1.165) is 0 Å². The van der Waals surface area contributed by atoms with Gasteiger partial charge in [0, 0.05) is 11.4 Å². The molecular weight excluding hydrogens is 302 g/mol. The molecule has 1 aromatic rings. The summed E-state index contributed by atoms with van der Waals surface area (Å²) in [5.74, 6) is -1.44. The van der Waals surface area contributed by atoms with Gasteiger partial charge in [-0.2, -0.15) is 0 Å². The van der Waals surface area contributed by atoms with Gasteiger partial charge in [0.15, 0.2) is 0 Å². The number of amides is 2. The monoisotopic (exact) mass is 321 g/mol. The molecule has 0 bridgehead atoms. The number of hydrogen-bond acceptors (Lipinski definition) is 6. The standard InChI is InChI=1S/C15H19N3O5/c1-22-12(19)9-7-15(8-9,13(20)23-2)18-14(21)17-11-5-3-10(16)4-6-11/h3-6,9H,7-8,16H2,1-2H3,(H2,17,18,21). The van der Waals surface area contributed by atoms with Gasteiger partial charge in [-0.1, -0.05) is 0 Å². The Bertz CT molecular complexity index is 608. The van der Waals surface area contributed by atoms with Crippen LogP contribution in [0.25, 0.3) is 0 Å². The van der Waals surface area contributed by atoms with Crippen LogP contribution < -0.4 is 16.4 Å². The van der Waals surface area contributed by atoms with E-state index in [4.69, 9.17) is 10.5 Å². The largest absolute Gasteiger partial charge is 0.469 e. The molecular formula is C15H19N3O5. The van der Waals surface area contributed by atoms with Gasteiger partial charge in [0.05, 0.1) is 20.1 Å². The fourth-order valence-corrected chi connectivity index (χ4v) is 2.58. The predicted molar refractivity (Wildman–Crippen MR) is 82.5 cm³/mol. The number of hydrogen-bond donors (Lipinski definition) is 3. The third-order valence-corrected chi connectivity index (χ3v) is 3.82. The van der Waals surface area contributed by atoms with Crippen molar-refractivity contribution >= 4 is 29.3 Å². The lowest BCUT2D eigenvalue weighted by atomic mass is 9.68. The zero-order chi connectivity index (χ0) is 17.0. The lowest BCUT2D eigenvalue weighted by molar-refractivity contribution is -0.162. The number of carbonyl (C=O) groups excluding carboxylic acids is 3. The first-order chi connectivity index (χ1) is 10.9. The Kier molecular flexibility index (Phi) is 4.73. The number of carbonyl (C=O) groups is 3. The van der Waals surface area contributed by atoms with E-state index in [-0.39, 0.29) is 12.8 Å². The molecule has 0 heterocycles. The highest BCUT2D eigenvalue weighted by Crippen LogP contribution is 2.39. The van der Waals surface area contributed by atoms with E-state index in [2.05, 4.69) is 15.4 Å². The summed E-state index contributed by atoms with van der Waals surface area (Å²) in [5, 5.41) is 5.19. The van der Waals surface area contributed by atoms with Crippen LogP contribution in [-0.4, -0.2) is 37.7 Å². The second kappa shape index (κ2) is 6.55. The Labute approximate surface area is 133 Å². The molecule has 1 fully saturated rings. The number of anilines is 2. The van der Waals surface area contributed by atoms with Crippen LogP contribution in [0.2, 0.25) is 0 Å². The second-order valence-corrected chi connectivity index (χ2v) is 5.40. The number of urea groups is 1. The molecule has 1 aliphatic rings. The molecule has 1 aliphatic carbocycles. The summed E-state index contributed by atoms with van der Waals surface area (Å²) in [6, 6.07) is 5.99. The van der Waals surface area contributed by atoms with Gasteiger partial charge in [0.2, 0.25) is 0 Å². The van der Waals surface area contributed by atoms with E-state index in [1.54, 1.807) is 24.3 Å². The SMILES string of the molecule is COC(=O)C1CC(NC(=O)Nc2ccc(N)cc2)(C(=O)OC)C1. The third-order valence-electron chi connectivity index (χ3n) is 3.82. The molecule has 124 valence electrons. The summed E-state index contributed by atoms with van der Waals surface area (Å²) >= 11 is 0. The summed E-state index contributed by atoms with van der Waals surface area (Å²) in [4.78, 5) is 35.6. The first kappa shape index (κ1) is 16.6. The van der Waals surface area contributed by atoms with Gasteiger partial charge < -0.3 is 25.8 Å². The first-order valence-corrected chi connectivity index (χ1v) is 7.01. The van der Waals surface area contributed by atoms with Crippen LogP contribution in [0.3, 0.4) is 0 Å². The lowest BCUT2D eigenvalue weighted by Gasteiger charge is -2.43. The number of ether oxygens (including phenoxy) is 2. The van der Waals surface area contributed by atoms with Gasteiger partial charge in [-0.25, -0.2) is 9.59 Å². The highest BCUT2D eigenvalue weighted by atomic mass is 16.5. The molecule has 0 saturated heterocycles. The molecule has 0 aliphatic heterocycles. The summed E-state index contributed by atoms with van der Waals surface area (Å²) in [6.45, 7) is 0. The fourth-order valence-electron chi connectivity index (χ4n) is 2.58. The van der Waals surface area contributed by atoms with Crippen LogP contribution in [0.5, 0.6) is 0 Å². The highest BCUT2D eigenvalue weighted by Gasteiger charge is 2.55. The van der Waals surface area contributed by atoms with E-state index in [9.17, 15) is 14.4 Å². The maximum absolute atomic E-state index is 12.1. The molecule has 8 heteroatoms. The average Bonchev–Trinajstić information content (AvgIpc) is 2.51. The van der Waals surface area contributed by atoms with Crippen molar-refractivity contribution in [3.8, 4) is 0 Å². The van der Waals surface area contributed by atoms with Crippen LogP contribution in [0.1, 0.15) is 12.8 Å². The van der Waals surface area contributed by atoms with E-state index in [1.807, 2.05) is 0 Å². The lowest BCUT2D eigenvalue weighted by Crippen LogP contribution is -2.64. The summed E-state index contributed by atoms with van der Waals surface area (Å²) in [6.07, 6.45) is 0.281. The van der Waals surface area contributed by atoms with E-state index in [1.165, 1.54) is 14.2 Å². The quantitative estimate of drug-likeness (QED) is 0.559. The normalized spacial score (nSPS) is 22.4. The van der Waals surface area contributed by atoms with Crippen LogP contribution in [-0.2, 0) is 19.1 Å². The minimum absolute atomic E-state index is 0.140. The maximum Gasteiger partial charge on any atom is 0.331 e. The Hall–Kier alpha value is -2.77. The van der Waals surface area contributed by atoms with Crippen molar-refractivity contribution in [1.82, 2.24) is 5.32 Å². The molecule has 8 nitrogen and oxygen atoms in total. The molecule has 1 saturated carbocycles. The Balaban J connectivity index is 2.01. The topological polar surface area (TPSA) is 120 Å². The van der Waals surface area contributed by atoms with Crippen molar-refractivity contribution in [2.45, 2.75) is 18.4 Å². The van der Waals surface area contributed by atoms with Crippen LogP contribution in [0.4, 0.5) is 16.2 Å². The molecule has 2 rings (SSSR count). The van der Waals surface area contributed by atoms with Crippen molar-refractivity contribution in [2.75, 3.05) is 25.3 Å². The van der Waals surface area contributed by atoms with Crippen molar-refractivity contribution in [3.63, 3.8) is 0 Å². The van der Waals surface area contributed by atoms with Crippen LogP contribution >= 0.6 is 0 Å². The van der Waals surface area contributed by atoms with Crippen molar-refractivity contribution in [1.29, 1.82) is 0 Å². The van der Waals surface area contributed by atoms with E-state index < -0.39 is 29.4 Å². The molecule has 4 N–H and O–H groups in total. The number of nitrogens with one attached hydrogen (secondary N) is 2. The van der Waals surface area contributed by atoms with Crippen LogP contribution in [0.15, 0.2) is 24.3 Å². The number of rotatable bonds is 4. The average molecular weight is 321 g/mol. The van der Waals surface area contributed by atoms with Gasteiger partial charge in [-0.05, 0) is 37.1 Å². The molecule has 0 aromatic heterocycles. The number of esters is 2. The van der Waals surface area contributed by atoms with Gasteiger partial charge in [-0.3, -0.25) is 4.79 Å². The van der Waals surface area contributed by atoms with E-state index >= 15 is 0 Å². The van der Waals surface area contributed by atoms with Crippen LogP contribution in [0, 0.1) is 5.92 Å². The summed E-state index contributed by atoms with van der Waals surface area (Å²) in [5.41, 5.74) is 5.45. The minimum Gasteiger partial charge on any atom is -0.469 e. The van der Waals surface area contributed by atoms with Gasteiger partial charge >= 0.3 is 18.0 Å². The zero-order valence-corrected chi connectivity index (χ0v) is 12.9. The number of nitrogens with two attached hydrogens (primary N) is 1. The minimum atomic E-state index is -1.22. The van der Waals surface area contributed by atoms with Crippen molar-refractivity contribution < 1.29 is 23.9 Å². The third kappa shape index (κ3) is 3.53. The molecule has 1 aromatic carbocycles. The van der Waals surface area contributed by atoms with Gasteiger partial charge in [0.25, 0.3) is 0 Å². The second-order valence-electron chi connectivity index (χ2n) is 5.40. The number of benzene rings is 1. The van der Waals surface area contributed by atoms with E-state index in [0.29, 0.717) is 11.4 Å². The first-order valence-electron chi connectivity index (χ1n) is 7.01. The molecule has 23 heavy (non-hydrogen) atoms. The molecule has 0 spiro atoms. The summed E-state index contributed by atoms with van der Waals surface area (Å²) in [7, 11) is 2.51. The predicted octanol–water partition coefficient (Wildman–Crippen LogP) is 0.885. The Morgan fingerprint density at radius 1 is 1.13 bits per heavy atom. The Morgan fingerprint density at radius 3 is 2.26 bits per heavy atom. The molecule has 0 unspecified atom stereocenters. The molecule has 2 amide bonds. The zero-order valence-electron chi connectivity index (χ0n) is 12.9. The Morgan fingerprint density at radius 2 is 1.74 bits per heavy atom. The highest BCUT2D eigenvalue weighted by molar-refractivity contribution is 5.96. The molecule has 0 atom stereocenters. The van der Waals surface area contributed by atoms with Gasteiger partial charge in [-0.15, -0.1) is 0 Å². The number of methoxy groups -OCH3 is 2. The van der Waals surface area contributed by atoms with Crippen molar-refractivity contribution in [3.05, 3.63) is 24.3 Å². The molecule has 0 radical (unpaired) electrons. The van der Waals surface area contributed by atoms with Crippen molar-refractivity contribution in [2.24, 2.45) is 5.92 Å². The summed E-state index contributed by atoms with van der Waals surface area (Å²) < 4.78 is 9.38. The smallest absolute Gasteiger partial charge is 0.331 e. The van der Waals surface area contributed by atoms with Gasteiger partial charge in [0.1, 0.15) is 5.54 Å². The number of nitrogen functional groups attached to an aromatic ring is 1.